The van der Waals surface area contributed by atoms with Crippen LogP contribution in [0.3, 0.4) is 0 Å². The summed E-state index contributed by atoms with van der Waals surface area (Å²) in [6, 6.07) is 16.3. The molecule has 0 radical (unpaired) electrons. The van der Waals surface area contributed by atoms with Crippen LogP contribution >= 0.6 is 0 Å². The Kier molecular flexibility index (Phi) is 5.86. The molecule has 6 nitrogen and oxygen atoms in total. The fourth-order valence-corrected chi connectivity index (χ4v) is 4.51. The topological polar surface area (TPSA) is 87.9 Å². The maximum Gasteiger partial charge on any atom is 0.241 e. The highest BCUT2D eigenvalue weighted by molar-refractivity contribution is 5.95. The predicted octanol–water partition coefficient (Wildman–Crippen LogP) is 4.78. The van der Waals surface area contributed by atoms with E-state index in [-0.39, 0.29) is 5.91 Å². The maximum atomic E-state index is 12.7. The Morgan fingerprint density at radius 3 is 2.72 bits per heavy atom. The van der Waals surface area contributed by atoms with Crippen molar-refractivity contribution in [2.45, 2.75) is 50.9 Å². The minimum absolute atomic E-state index is 0.118. The number of nitrogens with two attached hydrogens (primary N) is 1. The molecule has 1 amide bonds. The number of nitriles is 1. The number of para-hydroxylation sites is 1. The Labute approximate surface area is 188 Å². The molecule has 1 aromatic heterocycles. The smallest absolute Gasteiger partial charge is 0.241 e. The SMILES string of the molecule is C=C1CCCCCC(=O)N(N)c2cc(C(C)(C#N)Cc3nn(C)c4ccccc34)ccc21. The van der Waals surface area contributed by atoms with Gasteiger partial charge < -0.3 is 0 Å². The molecule has 32 heavy (non-hydrogen) atoms. The van der Waals surface area contributed by atoms with Crippen LogP contribution in [0.5, 0.6) is 0 Å². The zero-order valence-electron chi connectivity index (χ0n) is 18.8. The van der Waals surface area contributed by atoms with Crippen LogP contribution in [0.15, 0.2) is 49.0 Å². The van der Waals surface area contributed by atoms with Crippen LogP contribution in [-0.4, -0.2) is 15.7 Å². The third-order valence-electron chi connectivity index (χ3n) is 6.52. The van der Waals surface area contributed by atoms with Crippen LogP contribution in [0.25, 0.3) is 16.5 Å². The first kappa shape index (κ1) is 21.8. The quantitative estimate of drug-likeness (QED) is 0.481. The number of hydrogen-bond acceptors (Lipinski definition) is 4. The Balaban J connectivity index is 1.78. The van der Waals surface area contributed by atoms with Gasteiger partial charge in [0.05, 0.1) is 28.4 Å². The zero-order valence-corrected chi connectivity index (χ0v) is 18.8. The summed E-state index contributed by atoms with van der Waals surface area (Å²) in [5.41, 5.74) is 4.32. The number of carbonyl (C=O) groups is 1. The molecule has 1 atom stereocenters. The van der Waals surface area contributed by atoms with E-state index in [0.29, 0.717) is 18.5 Å². The van der Waals surface area contributed by atoms with Crippen molar-refractivity contribution in [3.63, 3.8) is 0 Å². The molecule has 2 aromatic carbocycles. The largest absolute Gasteiger partial charge is 0.273 e. The van der Waals surface area contributed by atoms with E-state index in [1.54, 1.807) is 0 Å². The number of allylic oxidation sites excluding steroid dienone is 1. The molecule has 164 valence electrons. The van der Waals surface area contributed by atoms with Crippen LogP contribution < -0.4 is 10.9 Å². The zero-order chi connectivity index (χ0) is 22.9. The average molecular weight is 428 g/mol. The molecule has 1 aliphatic rings. The van der Waals surface area contributed by atoms with Crippen molar-refractivity contribution >= 4 is 28.1 Å². The lowest BCUT2D eigenvalue weighted by Crippen LogP contribution is -2.38. The van der Waals surface area contributed by atoms with Crippen LogP contribution in [0.2, 0.25) is 0 Å². The molecule has 1 aliphatic heterocycles. The van der Waals surface area contributed by atoms with E-state index in [1.807, 2.05) is 61.1 Å². The number of aryl methyl sites for hydroxylation is 1. The third-order valence-corrected chi connectivity index (χ3v) is 6.52. The molecule has 2 heterocycles. The van der Waals surface area contributed by atoms with E-state index < -0.39 is 5.41 Å². The monoisotopic (exact) mass is 427 g/mol. The summed E-state index contributed by atoms with van der Waals surface area (Å²) in [6.07, 6.45) is 4.53. The normalized spacial score (nSPS) is 17.0. The predicted molar refractivity (Wildman–Crippen MR) is 128 cm³/mol. The number of carbonyl (C=O) groups excluding carboxylic acids is 1. The van der Waals surface area contributed by atoms with Gasteiger partial charge in [0, 0.05) is 30.8 Å². The van der Waals surface area contributed by atoms with Gasteiger partial charge in [0.1, 0.15) is 0 Å². The van der Waals surface area contributed by atoms with Crippen molar-refractivity contribution in [1.82, 2.24) is 9.78 Å². The molecule has 2 N–H and O–H groups in total. The van der Waals surface area contributed by atoms with Crippen LogP contribution in [-0.2, 0) is 23.7 Å². The van der Waals surface area contributed by atoms with Crippen LogP contribution in [0.4, 0.5) is 5.69 Å². The second kappa shape index (κ2) is 8.60. The molecule has 0 spiro atoms. The van der Waals surface area contributed by atoms with Gasteiger partial charge in [-0.2, -0.15) is 10.4 Å². The van der Waals surface area contributed by atoms with Crippen LogP contribution in [0.1, 0.15) is 55.8 Å². The summed E-state index contributed by atoms with van der Waals surface area (Å²) in [5, 5.41) is 17.2. The molecule has 1 unspecified atom stereocenters. The van der Waals surface area contributed by atoms with Gasteiger partial charge in [0.25, 0.3) is 0 Å². The summed E-state index contributed by atoms with van der Waals surface area (Å²) in [7, 11) is 1.91. The van der Waals surface area contributed by atoms with E-state index in [4.69, 9.17) is 5.84 Å². The number of hydrazine groups is 1. The Bertz CT molecular complexity index is 1230. The highest BCUT2D eigenvalue weighted by atomic mass is 16.2. The molecule has 4 rings (SSSR count). The number of amides is 1. The van der Waals surface area contributed by atoms with E-state index in [2.05, 4.69) is 17.7 Å². The van der Waals surface area contributed by atoms with E-state index >= 15 is 0 Å². The van der Waals surface area contributed by atoms with Gasteiger partial charge in [-0.1, -0.05) is 43.3 Å². The lowest BCUT2D eigenvalue weighted by Gasteiger charge is -2.27. The standard InChI is InChI=1S/C26H29N5O/c1-18-9-5-4-6-12-25(32)31(28)24-15-19(13-14-20(18)24)26(2,17-27)16-22-21-10-7-8-11-23(21)30(3)29-22/h7-8,10-11,13-15H,1,4-6,9,12,16,28H2,2-3H3. The van der Waals surface area contributed by atoms with Gasteiger partial charge in [-0.15, -0.1) is 0 Å². The van der Waals surface area contributed by atoms with Gasteiger partial charge >= 0.3 is 0 Å². The van der Waals surface area contributed by atoms with Crippen LogP contribution in [0, 0.1) is 11.3 Å². The molecule has 0 aliphatic carbocycles. The molecule has 6 heteroatoms. The van der Waals surface area contributed by atoms with Crippen molar-refractivity contribution in [2.75, 3.05) is 5.01 Å². The number of rotatable bonds is 3. The van der Waals surface area contributed by atoms with Gasteiger partial charge in [-0.25, -0.2) is 10.9 Å². The van der Waals surface area contributed by atoms with Crippen molar-refractivity contribution in [3.05, 3.63) is 65.9 Å². The number of benzene rings is 2. The fourth-order valence-electron chi connectivity index (χ4n) is 4.51. The summed E-state index contributed by atoms with van der Waals surface area (Å²) < 4.78 is 1.85. The number of fused-ring (bicyclic) bond motifs is 2. The Morgan fingerprint density at radius 1 is 1.19 bits per heavy atom. The molecule has 0 saturated carbocycles. The molecule has 0 fully saturated rings. The molecule has 0 bridgehead atoms. The number of nitrogens with zero attached hydrogens (tertiary/aromatic N) is 4. The van der Waals surface area contributed by atoms with Gasteiger partial charge in [0.2, 0.25) is 5.91 Å². The number of aromatic nitrogens is 2. The van der Waals surface area contributed by atoms with Gasteiger partial charge in [0.15, 0.2) is 0 Å². The second-order valence-corrected chi connectivity index (χ2v) is 8.87. The minimum atomic E-state index is -0.841. The highest BCUT2D eigenvalue weighted by Gasteiger charge is 2.31. The van der Waals surface area contributed by atoms with Crippen molar-refractivity contribution in [1.29, 1.82) is 5.26 Å². The minimum Gasteiger partial charge on any atom is -0.273 e. The fraction of sp³-hybridized carbons (Fsp3) is 0.346. The third kappa shape index (κ3) is 3.92. The molecule has 0 saturated heterocycles. The lowest BCUT2D eigenvalue weighted by molar-refractivity contribution is -0.118. The summed E-state index contributed by atoms with van der Waals surface area (Å²) in [6.45, 7) is 6.15. The summed E-state index contributed by atoms with van der Waals surface area (Å²) >= 11 is 0. The Hall–Kier alpha value is -3.43. The van der Waals surface area contributed by atoms with Gasteiger partial charge in [-0.3, -0.25) is 9.48 Å². The molecular weight excluding hydrogens is 398 g/mol. The van der Waals surface area contributed by atoms with E-state index in [9.17, 15) is 10.1 Å². The summed E-state index contributed by atoms with van der Waals surface area (Å²) in [4.78, 5) is 12.7. The first-order valence-corrected chi connectivity index (χ1v) is 11.1. The molecule has 3 aromatic rings. The van der Waals surface area contributed by atoms with Gasteiger partial charge in [-0.05, 0) is 49.5 Å². The maximum absolute atomic E-state index is 12.7. The lowest BCUT2D eigenvalue weighted by atomic mass is 9.78. The van der Waals surface area contributed by atoms with Crippen molar-refractivity contribution in [2.24, 2.45) is 12.9 Å². The number of hydrogen-bond donors (Lipinski definition) is 1. The highest BCUT2D eigenvalue weighted by Crippen LogP contribution is 2.36. The molecular formula is C26H29N5O. The van der Waals surface area contributed by atoms with Crippen molar-refractivity contribution in [3.8, 4) is 6.07 Å². The summed E-state index contributed by atoms with van der Waals surface area (Å²) in [5.74, 6) is 6.15. The first-order chi connectivity index (χ1) is 15.3. The van der Waals surface area contributed by atoms with Crippen molar-refractivity contribution < 1.29 is 4.79 Å². The Morgan fingerprint density at radius 2 is 1.94 bits per heavy atom. The van der Waals surface area contributed by atoms with E-state index in [1.165, 1.54) is 5.01 Å². The average Bonchev–Trinajstić information content (AvgIpc) is 3.12. The first-order valence-electron chi connectivity index (χ1n) is 11.1. The second-order valence-electron chi connectivity index (χ2n) is 8.87. The van der Waals surface area contributed by atoms with E-state index in [0.717, 1.165) is 59.0 Å². The number of anilines is 1.